The number of nitrogens with zero attached hydrogens (tertiary/aromatic N) is 2. The van der Waals surface area contributed by atoms with Crippen molar-refractivity contribution in [1.82, 2.24) is 4.98 Å². The molecule has 2 rings (SSSR count). The number of rotatable bonds is 2. The van der Waals surface area contributed by atoms with Crippen molar-refractivity contribution in [2.75, 3.05) is 18.1 Å². The molecule has 1 aliphatic heterocycles. The third kappa shape index (κ3) is 2.54. The van der Waals surface area contributed by atoms with Crippen molar-refractivity contribution in [3.63, 3.8) is 0 Å². The van der Waals surface area contributed by atoms with E-state index in [2.05, 4.69) is 4.98 Å². The van der Waals surface area contributed by atoms with Crippen LogP contribution in [0.4, 0.5) is 19.0 Å². The van der Waals surface area contributed by atoms with Crippen molar-refractivity contribution >= 4 is 17.4 Å². The van der Waals surface area contributed by atoms with Gasteiger partial charge >= 0.3 is 6.18 Å². The fraction of sp³-hybridized carbons (Fsp3) is 0.545. The van der Waals surface area contributed by atoms with Gasteiger partial charge in [-0.25, -0.2) is 4.98 Å². The number of hydrogen-bond donors (Lipinski definition) is 1. The molecule has 0 bridgehead atoms. The van der Waals surface area contributed by atoms with E-state index in [1.165, 1.54) is 0 Å². The molecule has 1 aliphatic rings. The van der Waals surface area contributed by atoms with Crippen LogP contribution < -0.4 is 4.90 Å². The summed E-state index contributed by atoms with van der Waals surface area (Å²) in [6.07, 6.45) is -2.02. The number of halogens is 4. The van der Waals surface area contributed by atoms with E-state index in [0.717, 1.165) is 25.1 Å². The molecule has 0 unspecified atom stereocenters. The monoisotopic (exact) mass is 280 g/mol. The summed E-state index contributed by atoms with van der Waals surface area (Å²) in [5.41, 5.74) is -0.865. The highest BCUT2D eigenvalue weighted by molar-refractivity contribution is 6.33. The molecule has 3 nitrogen and oxygen atoms in total. The van der Waals surface area contributed by atoms with Crippen LogP contribution in [0.1, 0.15) is 18.4 Å². The van der Waals surface area contributed by atoms with Gasteiger partial charge in [-0.2, -0.15) is 13.2 Å². The van der Waals surface area contributed by atoms with Gasteiger partial charge < -0.3 is 10.0 Å². The molecule has 0 aliphatic carbocycles. The van der Waals surface area contributed by atoms with E-state index in [9.17, 15) is 18.3 Å². The second-order valence-corrected chi connectivity index (χ2v) is 4.61. The normalized spacial score (nSPS) is 20.5. The zero-order chi connectivity index (χ0) is 13.3. The molecule has 0 amide bonds. The second-order valence-electron chi connectivity index (χ2n) is 4.20. The van der Waals surface area contributed by atoms with E-state index in [4.69, 9.17) is 11.6 Å². The van der Waals surface area contributed by atoms with E-state index in [0.29, 0.717) is 12.4 Å². The van der Waals surface area contributed by atoms with Crippen molar-refractivity contribution in [3.8, 4) is 0 Å². The van der Waals surface area contributed by atoms with Crippen LogP contribution >= 0.6 is 11.6 Å². The second kappa shape index (κ2) is 4.93. The van der Waals surface area contributed by atoms with E-state index in [1.54, 1.807) is 4.90 Å². The third-order valence-corrected chi connectivity index (χ3v) is 3.29. The maximum atomic E-state index is 12.5. The summed E-state index contributed by atoms with van der Waals surface area (Å²) in [6, 6.07) is 0.753. The summed E-state index contributed by atoms with van der Waals surface area (Å²) in [5.74, 6) is 0.307. The molecule has 1 fully saturated rings. The van der Waals surface area contributed by atoms with Gasteiger partial charge in [-0.1, -0.05) is 11.6 Å². The van der Waals surface area contributed by atoms with Gasteiger partial charge in [0, 0.05) is 12.7 Å². The molecule has 1 aromatic rings. The van der Waals surface area contributed by atoms with Crippen molar-refractivity contribution < 1.29 is 18.3 Å². The van der Waals surface area contributed by atoms with Gasteiger partial charge in [0.25, 0.3) is 0 Å². The Labute approximate surface area is 107 Å². The first-order chi connectivity index (χ1) is 8.43. The number of aliphatic hydroxyl groups is 1. The first kappa shape index (κ1) is 13.4. The maximum absolute atomic E-state index is 12.5. The van der Waals surface area contributed by atoms with Crippen LogP contribution in [0.5, 0.6) is 0 Å². The zero-order valence-electron chi connectivity index (χ0n) is 9.41. The highest BCUT2D eigenvalue weighted by Crippen LogP contribution is 2.35. The van der Waals surface area contributed by atoms with E-state index < -0.39 is 11.7 Å². The molecule has 100 valence electrons. The van der Waals surface area contributed by atoms with Gasteiger partial charge in [-0.3, -0.25) is 0 Å². The number of pyridine rings is 1. The smallest absolute Gasteiger partial charge is 0.394 e. The largest absolute Gasteiger partial charge is 0.417 e. The number of alkyl halides is 3. The Balaban J connectivity index is 2.30. The van der Waals surface area contributed by atoms with Gasteiger partial charge in [0.15, 0.2) is 0 Å². The predicted octanol–water partition coefficient (Wildman–Crippen LogP) is 2.71. The lowest BCUT2D eigenvalue weighted by atomic mass is 10.2. The zero-order valence-corrected chi connectivity index (χ0v) is 10.2. The lowest BCUT2D eigenvalue weighted by Gasteiger charge is -2.25. The molecule has 7 heteroatoms. The van der Waals surface area contributed by atoms with E-state index in [1.807, 2.05) is 0 Å². The molecule has 0 spiro atoms. The number of aromatic nitrogens is 1. The summed E-state index contributed by atoms with van der Waals surface area (Å²) in [7, 11) is 0. The van der Waals surface area contributed by atoms with Gasteiger partial charge in [-0.15, -0.1) is 0 Å². The number of aliphatic hydroxyl groups excluding tert-OH is 1. The van der Waals surface area contributed by atoms with Crippen LogP contribution in [-0.2, 0) is 6.18 Å². The Morgan fingerprint density at radius 2 is 2.22 bits per heavy atom. The Kier molecular flexibility index (Phi) is 3.68. The van der Waals surface area contributed by atoms with Gasteiger partial charge in [-0.05, 0) is 18.9 Å². The molecule has 2 heterocycles. The van der Waals surface area contributed by atoms with Crippen molar-refractivity contribution in [3.05, 3.63) is 22.8 Å². The summed E-state index contributed by atoms with van der Waals surface area (Å²) in [4.78, 5) is 5.54. The molecule has 0 aromatic carbocycles. The Morgan fingerprint density at radius 3 is 2.78 bits per heavy atom. The highest BCUT2D eigenvalue weighted by Gasteiger charge is 2.33. The summed E-state index contributed by atoms with van der Waals surface area (Å²) < 4.78 is 37.4. The molecular weight excluding hydrogens is 269 g/mol. The van der Waals surface area contributed by atoms with Crippen molar-refractivity contribution in [2.45, 2.75) is 25.1 Å². The van der Waals surface area contributed by atoms with Crippen molar-refractivity contribution in [2.24, 2.45) is 0 Å². The molecule has 1 atom stereocenters. The van der Waals surface area contributed by atoms with Crippen LogP contribution in [-0.4, -0.2) is 29.3 Å². The summed E-state index contributed by atoms with van der Waals surface area (Å²) in [5, 5.41) is 9.14. The quantitative estimate of drug-likeness (QED) is 0.905. The fourth-order valence-corrected chi connectivity index (χ4v) is 2.38. The SMILES string of the molecule is OC[C@@H]1CCCN1c1ncc(C(F)(F)F)cc1Cl. The van der Waals surface area contributed by atoms with Gasteiger partial charge in [0.05, 0.1) is 23.2 Å². The molecule has 1 aromatic heterocycles. The average molecular weight is 281 g/mol. The van der Waals surface area contributed by atoms with Crippen LogP contribution in [0.25, 0.3) is 0 Å². The topological polar surface area (TPSA) is 36.4 Å². The number of hydrogen-bond acceptors (Lipinski definition) is 3. The minimum Gasteiger partial charge on any atom is -0.394 e. The van der Waals surface area contributed by atoms with Crippen LogP contribution in [0.15, 0.2) is 12.3 Å². The van der Waals surface area contributed by atoms with Crippen LogP contribution in [0.2, 0.25) is 5.02 Å². The average Bonchev–Trinajstić information content (AvgIpc) is 2.75. The molecule has 1 N–H and O–H groups in total. The lowest BCUT2D eigenvalue weighted by molar-refractivity contribution is -0.137. The van der Waals surface area contributed by atoms with Gasteiger partial charge in [0.2, 0.25) is 0 Å². The molecule has 1 saturated heterocycles. The summed E-state index contributed by atoms with van der Waals surface area (Å²) >= 11 is 5.85. The minimum absolute atomic E-state index is 0.0369. The third-order valence-electron chi connectivity index (χ3n) is 3.01. The molecule has 0 saturated carbocycles. The van der Waals surface area contributed by atoms with Crippen LogP contribution in [0, 0.1) is 0 Å². The highest BCUT2D eigenvalue weighted by atomic mass is 35.5. The lowest BCUT2D eigenvalue weighted by Crippen LogP contribution is -2.33. The predicted molar refractivity (Wildman–Crippen MR) is 61.7 cm³/mol. The number of anilines is 1. The van der Waals surface area contributed by atoms with Gasteiger partial charge in [0.1, 0.15) is 5.82 Å². The van der Waals surface area contributed by atoms with Crippen molar-refractivity contribution in [1.29, 1.82) is 0 Å². The first-order valence-corrected chi connectivity index (χ1v) is 5.91. The standard InChI is InChI=1S/C11H12ClF3N2O/c12-9-4-7(11(13,14)15)5-16-10(9)17-3-1-2-8(17)6-18/h4-5,8,18H,1-3,6H2/t8-/m0/s1. The maximum Gasteiger partial charge on any atom is 0.417 e. The fourth-order valence-electron chi connectivity index (χ4n) is 2.10. The first-order valence-electron chi connectivity index (χ1n) is 5.53. The summed E-state index contributed by atoms with van der Waals surface area (Å²) in [6.45, 7) is 0.586. The molecule has 18 heavy (non-hydrogen) atoms. The van der Waals surface area contributed by atoms with E-state index >= 15 is 0 Å². The Bertz CT molecular complexity index is 439. The van der Waals surface area contributed by atoms with Crippen LogP contribution in [0.3, 0.4) is 0 Å². The molecule has 0 radical (unpaired) electrons. The minimum atomic E-state index is -4.45. The molecular formula is C11H12ClF3N2O. The Morgan fingerprint density at radius 1 is 1.50 bits per heavy atom. The van der Waals surface area contributed by atoms with E-state index in [-0.39, 0.29) is 17.7 Å². The Hall–Kier alpha value is -1.01.